The van der Waals surface area contributed by atoms with Gasteiger partial charge in [-0.3, -0.25) is 0 Å². The Morgan fingerprint density at radius 1 is 1.31 bits per heavy atom. The normalized spacial score (nSPS) is 11.8. The van der Waals surface area contributed by atoms with Crippen LogP contribution in [0.25, 0.3) is 5.57 Å². The second-order valence-electron chi connectivity index (χ2n) is 3.92. The minimum absolute atomic E-state index is 1.07. The van der Waals surface area contributed by atoms with Crippen molar-refractivity contribution < 1.29 is 0 Å². The van der Waals surface area contributed by atoms with E-state index in [2.05, 4.69) is 55.0 Å². The van der Waals surface area contributed by atoms with Gasteiger partial charge in [-0.2, -0.15) is 0 Å². The third-order valence-corrected chi connectivity index (χ3v) is 2.97. The SMILES string of the molecule is C/C=C(/c1cnc[nH]1)c1cccc(C)c1C. The molecular formula is C14H16N2. The average Bonchev–Trinajstić information content (AvgIpc) is 2.79. The first-order valence-corrected chi connectivity index (χ1v) is 5.45. The zero-order chi connectivity index (χ0) is 11.5. The highest BCUT2D eigenvalue weighted by molar-refractivity contribution is 5.79. The molecule has 2 aromatic rings. The van der Waals surface area contributed by atoms with E-state index < -0.39 is 0 Å². The van der Waals surface area contributed by atoms with Crippen LogP contribution in [-0.4, -0.2) is 9.97 Å². The zero-order valence-corrected chi connectivity index (χ0v) is 9.91. The third-order valence-electron chi connectivity index (χ3n) is 2.97. The molecule has 0 bridgehead atoms. The second kappa shape index (κ2) is 4.35. The van der Waals surface area contributed by atoms with Crippen molar-refractivity contribution in [1.29, 1.82) is 0 Å². The lowest BCUT2D eigenvalue weighted by Gasteiger charge is -2.10. The summed E-state index contributed by atoms with van der Waals surface area (Å²) in [5, 5.41) is 0. The molecule has 0 spiro atoms. The molecule has 0 unspecified atom stereocenters. The fourth-order valence-corrected chi connectivity index (χ4v) is 1.90. The number of allylic oxidation sites excluding steroid dienone is 1. The van der Waals surface area contributed by atoms with Crippen LogP contribution in [0.1, 0.15) is 29.3 Å². The van der Waals surface area contributed by atoms with Crippen LogP contribution in [0.4, 0.5) is 0 Å². The first-order chi connectivity index (χ1) is 7.74. The average molecular weight is 212 g/mol. The molecule has 16 heavy (non-hydrogen) atoms. The van der Waals surface area contributed by atoms with Crippen LogP contribution in [0, 0.1) is 13.8 Å². The minimum atomic E-state index is 1.07. The van der Waals surface area contributed by atoms with Gasteiger partial charge in [0.05, 0.1) is 18.2 Å². The maximum absolute atomic E-state index is 4.07. The molecule has 2 heteroatoms. The van der Waals surface area contributed by atoms with Gasteiger partial charge in [0, 0.05) is 5.57 Å². The Bertz CT molecular complexity index is 508. The van der Waals surface area contributed by atoms with Gasteiger partial charge >= 0.3 is 0 Å². The number of nitrogens with zero attached hydrogens (tertiary/aromatic N) is 1. The molecule has 0 aliphatic rings. The third kappa shape index (κ3) is 1.78. The number of aromatic amines is 1. The summed E-state index contributed by atoms with van der Waals surface area (Å²) < 4.78 is 0. The highest BCUT2D eigenvalue weighted by atomic mass is 14.9. The summed E-state index contributed by atoms with van der Waals surface area (Å²) in [4.78, 5) is 7.23. The Morgan fingerprint density at radius 3 is 2.75 bits per heavy atom. The number of benzene rings is 1. The molecular weight excluding hydrogens is 196 g/mol. The van der Waals surface area contributed by atoms with Crippen LogP contribution >= 0.6 is 0 Å². The predicted octanol–water partition coefficient (Wildman–Crippen LogP) is 3.48. The molecule has 0 saturated heterocycles. The van der Waals surface area contributed by atoms with Crippen molar-refractivity contribution in [3.63, 3.8) is 0 Å². The summed E-state index contributed by atoms with van der Waals surface area (Å²) in [6, 6.07) is 6.38. The highest BCUT2D eigenvalue weighted by Gasteiger charge is 2.08. The van der Waals surface area contributed by atoms with Gasteiger partial charge < -0.3 is 4.98 Å². The van der Waals surface area contributed by atoms with Gasteiger partial charge in [-0.1, -0.05) is 24.3 Å². The minimum Gasteiger partial charge on any atom is -0.345 e. The molecule has 0 atom stereocenters. The van der Waals surface area contributed by atoms with E-state index in [1.54, 1.807) is 6.33 Å². The van der Waals surface area contributed by atoms with E-state index in [4.69, 9.17) is 0 Å². The fourth-order valence-electron chi connectivity index (χ4n) is 1.90. The first-order valence-electron chi connectivity index (χ1n) is 5.45. The highest BCUT2D eigenvalue weighted by Crippen LogP contribution is 2.25. The summed E-state index contributed by atoms with van der Waals surface area (Å²) in [6.07, 6.45) is 5.69. The van der Waals surface area contributed by atoms with Crippen LogP contribution in [0.15, 0.2) is 36.8 Å². The van der Waals surface area contributed by atoms with E-state index in [-0.39, 0.29) is 0 Å². The number of nitrogens with one attached hydrogen (secondary N) is 1. The molecule has 2 nitrogen and oxygen atoms in total. The smallest absolute Gasteiger partial charge is 0.0924 e. The quantitative estimate of drug-likeness (QED) is 0.811. The van der Waals surface area contributed by atoms with Gasteiger partial charge in [0.25, 0.3) is 0 Å². The lowest BCUT2D eigenvalue weighted by atomic mass is 9.95. The lowest BCUT2D eigenvalue weighted by molar-refractivity contribution is 1.27. The Morgan fingerprint density at radius 2 is 2.12 bits per heavy atom. The van der Waals surface area contributed by atoms with Crippen LogP contribution in [0.3, 0.4) is 0 Å². The molecule has 0 aliphatic heterocycles. The van der Waals surface area contributed by atoms with Crippen molar-refractivity contribution in [2.24, 2.45) is 0 Å². The summed E-state index contributed by atoms with van der Waals surface area (Å²) in [5.41, 5.74) is 6.18. The number of H-pyrrole nitrogens is 1. The number of aromatic nitrogens is 2. The largest absolute Gasteiger partial charge is 0.345 e. The molecule has 0 fully saturated rings. The van der Waals surface area contributed by atoms with Gasteiger partial charge in [0.15, 0.2) is 0 Å². The predicted molar refractivity (Wildman–Crippen MR) is 67.3 cm³/mol. The van der Waals surface area contributed by atoms with E-state index in [0.29, 0.717) is 0 Å². The van der Waals surface area contributed by atoms with E-state index in [1.165, 1.54) is 22.3 Å². The van der Waals surface area contributed by atoms with E-state index in [1.807, 2.05) is 6.20 Å². The van der Waals surface area contributed by atoms with Crippen molar-refractivity contribution in [2.75, 3.05) is 0 Å². The zero-order valence-electron chi connectivity index (χ0n) is 9.91. The molecule has 0 saturated carbocycles. The van der Waals surface area contributed by atoms with Crippen LogP contribution in [0.2, 0.25) is 0 Å². The molecule has 82 valence electrons. The van der Waals surface area contributed by atoms with Gasteiger partial charge in [-0.15, -0.1) is 0 Å². The monoisotopic (exact) mass is 212 g/mol. The topological polar surface area (TPSA) is 28.7 Å². The second-order valence-corrected chi connectivity index (χ2v) is 3.92. The Balaban J connectivity index is 2.55. The summed E-state index contributed by atoms with van der Waals surface area (Å²) in [6.45, 7) is 6.35. The molecule has 0 amide bonds. The number of aryl methyl sites for hydroxylation is 1. The molecule has 0 aliphatic carbocycles. The van der Waals surface area contributed by atoms with Gasteiger partial charge in [0.2, 0.25) is 0 Å². The van der Waals surface area contributed by atoms with Crippen molar-refractivity contribution in [1.82, 2.24) is 9.97 Å². The number of imidazole rings is 1. The number of hydrogen-bond donors (Lipinski definition) is 1. The summed E-state index contributed by atoms with van der Waals surface area (Å²) >= 11 is 0. The van der Waals surface area contributed by atoms with Gasteiger partial charge in [0.1, 0.15) is 0 Å². The fraction of sp³-hybridized carbons (Fsp3) is 0.214. The standard InChI is InChI=1S/C14H16N2/c1-4-12(14-8-15-9-16-14)13-7-5-6-10(2)11(13)3/h4-9H,1-3H3,(H,15,16)/b12-4+. The molecule has 2 rings (SSSR count). The summed E-state index contributed by atoms with van der Waals surface area (Å²) in [7, 11) is 0. The van der Waals surface area contributed by atoms with Crippen molar-refractivity contribution in [3.8, 4) is 0 Å². The first kappa shape index (κ1) is 10.7. The van der Waals surface area contributed by atoms with Gasteiger partial charge in [-0.05, 0) is 37.5 Å². The maximum atomic E-state index is 4.07. The van der Waals surface area contributed by atoms with Crippen molar-refractivity contribution in [3.05, 3.63) is 59.2 Å². The number of hydrogen-bond acceptors (Lipinski definition) is 1. The lowest BCUT2D eigenvalue weighted by Crippen LogP contribution is -1.93. The molecule has 1 N–H and O–H groups in total. The van der Waals surface area contributed by atoms with Crippen LogP contribution < -0.4 is 0 Å². The molecule has 1 aromatic heterocycles. The number of rotatable bonds is 2. The molecule has 1 aromatic carbocycles. The maximum Gasteiger partial charge on any atom is 0.0924 e. The Hall–Kier alpha value is -1.83. The Labute approximate surface area is 96.1 Å². The Kier molecular flexibility index (Phi) is 2.91. The van der Waals surface area contributed by atoms with E-state index >= 15 is 0 Å². The van der Waals surface area contributed by atoms with E-state index in [9.17, 15) is 0 Å². The molecule has 0 radical (unpaired) electrons. The van der Waals surface area contributed by atoms with Crippen molar-refractivity contribution in [2.45, 2.75) is 20.8 Å². The summed E-state index contributed by atoms with van der Waals surface area (Å²) in [5.74, 6) is 0. The van der Waals surface area contributed by atoms with Crippen molar-refractivity contribution >= 4 is 5.57 Å². The van der Waals surface area contributed by atoms with Crippen LogP contribution in [-0.2, 0) is 0 Å². The van der Waals surface area contributed by atoms with Gasteiger partial charge in [-0.25, -0.2) is 4.98 Å². The van der Waals surface area contributed by atoms with Crippen LogP contribution in [0.5, 0.6) is 0 Å². The van der Waals surface area contributed by atoms with E-state index in [0.717, 1.165) is 5.69 Å². The molecule has 1 heterocycles.